The van der Waals surface area contributed by atoms with Crippen LogP contribution in [0.25, 0.3) is 0 Å². The summed E-state index contributed by atoms with van der Waals surface area (Å²) in [7, 11) is 0. The van der Waals surface area contributed by atoms with Crippen LogP contribution in [0.4, 0.5) is 0 Å². The molecular formula is C22H23NO6. The molecule has 7 nitrogen and oxygen atoms in total. The number of morpholine rings is 1. The van der Waals surface area contributed by atoms with E-state index in [9.17, 15) is 14.4 Å². The van der Waals surface area contributed by atoms with Crippen LogP contribution in [0.15, 0.2) is 54.6 Å². The van der Waals surface area contributed by atoms with Crippen LogP contribution in [-0.4, -0.2) is 55.5 Å². The molecule has 0 unspecified atom stereocenters. The van der Waals surface area contributed by atoms with Crippen molar-refractivity contribution in [2.75, 3.05) is 32.9 Å². The number of Topliss-reactive ketones (excluding diaryl/α,β-unsaturated/α-hetero) is 1. The molecule has 0 N–H and O–H groups in total. The van der Waals surface area contributed by atoms with Crippen molar-refractivity contribution < 1.29 is 28.6 Å². The third-order valence-electron chi connectivity index (χ3n) is 4.52. The summed E-state index contributed by atoms with van der Waals surface area (Å²) in [4.78, 5) is 38.2. The average molecular weight is 397 g/mol. The second-order valence-electron chi connectivity index (χ2n) is 6.59. The topological polar surface area (TPSA) is 82.1 Å². The molecule has 7 heteroatoms. The Morgan fingerprint density at radius 2 is 1.66 bits per heavy atom. The van der Waals surface area contributed by atoms with Gasteiger partial charge in [-0.05, 0) is 31.2 Å². The Labute approximate surface area is 169 Å². The molecular weight excluding hydrogens is 374 g/mol. The van der Waals surface area contributed by atoms with Crippen LogP contribution >= 0.6 is 0 Å². The van der Waals surface area contributed by atoms with E-state index < -0.39 is 12.1 Å². The van der Waals surface area contributed by atoms with Gasteiger partial charge < -0.3 is 19.1 Å². The van der Waals surface area contributed by atoms with Gasteiger partial charge in [0.15, 0.2) is 12.4 Å². The Hall–Kier alpha value is -3.19. The molecule has 1 aliphatic heterocycles. The first-order valence-electron chi connectivity index (χ1n) is 9.39. The SMILES string of the molecule is CC(=O)c1ccc(OCC(=O)O[C@H](C(=O)N2CCOCC2)c2ccccc2)cc1. The predicted octanol–water partition coefficient (Wildman–Crippen LogP) is 2.41. The van der Waals surface area contributed by atoms with Crippen LogP contribution in [-0.2, 0) is 19.1 Å². The highest BCUT2D eigenvalue weighted by atomic mass is 16.6. The molecule has 2 aromatic rings. The average Bonchev–Trinajstić information content (AvgIpc) is 2.77. The lowest BCUT2D eigenvalue weighted by Crippen LogP contribution is -2.44. The number of nitrogens with zero attached hydrogens (tertiary/aromatic N) is 1. The number of carbonyl (C=O) groups is 3. The Morgan fingerprint density at radius 1 is 1.00 bits per heavy atom. The van der Waals surface area contributed by atoms with E-state index in [1.165, 1.54) is 6.92 Å². The molecule has 1 amide bonds. The summed E-state index contributed by atoms with van der Waals surface area (Å²) in [6.07, 6.45) is -1.04. The van der Waals surface area contributed by atoms with Crippen molar-refractivity contribution in [1.29, 1.82) is 0 Å². The first-order chi connectivity index (χ1) is 14.0. The van der Waals surface area contributed by atoms with Gasteiger partial charge in [-0.1, -0.05) is 30.3 Å². The number of hydrogen-bond donors (Lipinski definition) is 0. The van der Waals surface area contributed by atoms with Gasteiger partial charge in [0.05, 0.1) is 13.2 Å². The number of amides is 1. The van der Waals surface area contributed by atoms with Crippen molar-refractivity contribution in [2.45, 2.75) is 13.0 Å². The maximum atomic E-state index is 12.9. The van der Waals surface area contributed by atoms with Gasteiger partial charge in [0.1, 0.15) is 5.75 Å². The zero-order valence-corrected chi connectivity index (χ0v) is 16.2. The lowest BCUT2D eigenvalue weighted by Gasteiger charge is -2.30. The third kappa shape index (κ3) is 5.65. The summed E-state index contributed by atoms with van der Waals surface area (Å²) in [6, 6.07) is 15.4. The summed E-state index contributed by atoms with van der Waals surface area (Å²) in [6.45, 7) is 2.96. The first kappa shape index (κ1) is 20.5. The summed E-state index contributed by atoms with van der Waals surface area (Å²) in [5.41, 5.74) is 1.16. The number of benzene rings is 2. The predicted molar refractivity (Wildman–Crippen MR) is 105 cm³/mol. The lowest BCUT2D eigenvalue weighted by molar-refractivity contribution is -0.164. The van der Waals surface area contributed by atoms with Crippen molar-refractivity contribution in [3.63, 3.8) is 0 Å². The molecule has 1 atom stereocenters. The van der Waals surface area contributed by atoms with E-state index in [2.05, 4.69) is 0 Å². The van der Waals surface area contributed by atoms with E-state index in [1.54, 1.807) is 53.4 Å². The van der Waals surface area contributed by atoms with Crippen LogP contribution in [0.3, 0.4) is 0 Å². The molecule has 0 aromatic heterocycles. The minimum Gasteiger partial charge on any atom is -0.482 e. The molecule has 0 radical (unpaired) electrons. The van der Waals surface area contributed by atoms with Gasteiger partial charge in [-0.15, -0.1) is 0 Å². The van der Waals surface area contributed by atoms with Crippen LogP contribution in [0.5, 0.6) is 5.75 Å². The largest absolute Gasteiger partial charge is 0.482 e. The zero-order chi connectivity index (χ0) is 20.6. The van der Waals surface area contributed by atoms with E-state index in [1.807, 2.05) is 6.07 Å². The fourth-order valence-electron chi connectivity index (χ4n) is 2.93. The number of rotatable bonds is 7. The van der Waals surface area contributed by atoms with Crippen LogP contribution in [0.1, 0.15) is 28.9 Å². The van der Waals surface area contributed by atoms with Gasteiger partial charge in [-0.3, -0.25) is 9.59 Å². The van der Waals surface area contributed by atoms with E-state index in [0.717, 1.165) is 0 Å². The molecule has 1 heterocycles. The Morgan fingerprint density at radius 3 is 2.28 bits per heavy atom. The summed E-state index contributed by atoms with van der Waals surface area (Å²) < 4.78 is 16.2. The van der Waals surface area contributed by atoms with Crippen LogP contribution in [0, 0.1) is 0 Å². The summed E-state index contributed by atoms with van der Waals surface area (Å²) >= 11 is 0. The Balaban J connectivity index is 1.64. The number of ketones is 1. The molecule has 2 aromatic carbocycles. The van der Waals surface area contributed by atoms with E-state index in [0.29, 0.717) is 43.2 Å². The summed E-state index contributed by atoms with van der Waals surface area (Å²) in [5, 5.41) is 0. The molecule has 3 rings (SSSR count). The first-order valence-corrected chi connectivity index (χ1v) is 9.39. The van der Waals surface area contributed by atoms with Crippen molar-refractivity contribution >= 4 is 17.7 Å². The van der Waals surface area contributed by atoms with Gasteiger partial charge in [0.25, 0.3) is 5.91 Å². The molecule has 1 aliphatic rings. The molecule has 0 aliphatic carbocycles. The van der Waals surface area contributed by atoms with Gasteiger partial charge in [-0.25, -0.2) is 4.79 Å². The van der Waals surface area contributed by atoms with Crippen molar-refractivity contribution in [2.24, 2.45) is 0 Å². The summed E-state index contributed by atoms with van der Waals surface area (Å²) in [5.74, 6) is -0.555. The number of esters is 1. The molecule has 29 heavy (non-hydrogen) atoms. The van der Waals surface area contributed by atoms with Gasteiger partial charge in [0, 0.05) is 24.2 Å². The molecule has 152 valence electrons. The van der Waals surface area contributed by atoms with Crippen molar-refractivity contribution in [3.8, 4) is 5.75 Å². The number of ether oxygens (including phenoxy) is 3. The second-order valence-corrected chi connectivity index (χ2v) is 6.59. The Bertz CT molecular complexity index is 843. The van der Waals surface area contributed by atoms with Crippen LogP contribution < -0.4 is 4.74 Å². The van der Waals surface area contributed by atoms with Crippen LogP contribution in [0.2, 0.25) is 0 Å². The number of hydrogen-bond acceptors (Lipinski definition) is 6. The zero-order valence-electron chi connectivity index (χ0n) is 16.2. The van der Waals surface area contributed by atoms with E-state index >= 15 is 0 Å². The lowest BCUT2D eigenvalue weighted by atomic mass is 10.1. The fraction of sp³-hybridized carbons (Fsp3) is 0.318. The second kappa shape index (κ2) is 9.84. The van der Waals surface area contributed by atoms with Crippen molar-refractivity contribution in [1.82, 2.24) is 4.90 Å². The highest BCUT2D eigenvalue weighted by Gasteiger charge is 2.30. The normalized spacial score (nSPS) is 14.7. The minimum absolute atomic E-state index is 0.0525. The highest BCUT2D eigenvalue weighted by molar-refractivity contribution is 5.94. The van der Waals surface area contributed by atoms with Gasteiger partial charge in [-0.2, -0.15) is 0 Å². The minimum atomic E-state index is -1.04. The molecule has 0 spiro atoms. The van der Waals surface area contributed by atoms with E-state index in [4.69, 9.17) is 14.2 Å². The quantitative estimate of drug-likeness (QED) is 0.527. The molecule has 0 saturated carbocycles. The molecule has 0 bridgehead atoms. The van der Waals surface area contributed by atoms with Gasteiger partial charge >= 0.3 is 5.97 Å². The number of carbonyl (C=O) groups excluding carboxylic acids is 3. The maximum absolute atomic E-state index is 12.9. The monoisotopic (exact) mass is 397 g/mol. The highest BCUT2D eigenvalue weighted by Crippen LogP contribution is 2.21. The smallest absolute Gasteiger partial charge is 0.345 e. The fourth-order valence-corrected chi connectivity index (χ4v) is 2.93. The van der Waals surface area contributed by atoms with Crippen molar-refractivity contribution in [3.05, 3.63) is 65.7 Å². The molecule has 1 fully saturated rings. The molecule has 1 saturated heterocycles. The third-order valence-corrected chi connectivity index (χ3v) is 4.52. The standard InChI is InChI=1S/C22H23NO6/c1-16(24)17-7-9-19(10-8-17)28-15-20(25)29-21(18-5-3-2-4-6-18)22(26)23-11-13-27-14-12-23/h2-10,21H,11-15H2,1H3/t21-/m0/s1. The van der Waals surface area contributed by atoms with Gasteiger partial charge in [0.2, 0.25) is 6.10 Å². The van der Waals surface area contributed by atoms with E-state index in [-0.39, 0.29) is 18.3 Å². The Kier molecular flexibility index (Phi) is 6.97. The maximum Gasteiger partial charge on any atom is 0.345 e.